The normalized spacial score (nSPS) is 27.3. The fraction of sp³-hybridized carbons (Fsp3) is 0.857. The Balaban J connectivity index is 2.40. The third-order valence-electron chi connectivity index (χ3n) is 4.04. The Kier molecular flexibility index (Phi) is 5.87. The van der Waals surface area contributed by atoms with Gasteiger partial charge in [0.25, 0.3) is 0 Å². The molecule has 0 amide bonds. The molecule has 2 heteroatoms. The van der Waals surface area contributed by atoms with Gasteiger partial charge in [0, 0.05) is 12.5 Å². The summed E-state index contributed by atoms with van der Waals surface area (Å²) in [6.45, 7) is 6.57. The van der Waals surface area contributed by atoms with E-state index in [0.29, 0.717) is 6.04 Å². The van der Waals surface area contributed by atoms with Gasteiger partial charge in [-0.25, -0.2) is 0 Å². The van der Waals surface area contributed by atoms with Crippen LogP contribution in [0.3, 0.4) is 0 Å². The molecule has 1 atom stereocenters. The molecule has 1 saturated carbocycles. The van der Waals surface area contributed by atoms with E-state index in [-0.39, 0.29) is 0 Å². The molecule has 0 bridgehead atoms. The topological polar surface area (TPSA) is 38.0 Å². The number of hydrazine groups is 1. The summed E-state index contributed by atoms with van der Waals surface area (Å²) in [7, 11) is 0. The van der Waals surface area contributed by atoms with Crippen molar-refractivity contribution < 1.29 is 0 Å². The number of nitrogens with two attached hydrogens (primary N) is 1. The molecule has 92 valence electrons. The van der Waals surface area contributed by atoms with Crippen LogP contribution in [0.25, 0.3) is 0 Å². The first kappa shape index (κ1) is 13.5. The summed E-state index contributed by atoms with van der Waals surface area (Å²) in [5, 5.41) is 0. The van der Waals surface area contributed by atoms with Gasteiger partial charge in [-0.1, -0.05) is 13.8 Å². The van der Waals surface area contributed by atoms with Gasteiger partial charge in [-0.2, -0.15) is 0 Å². The highest BCUT2D eigenvalue weighted by Gasteiger charge is 2.27. The van der Waals surface area contributed by atoms with Crippen molar-refractivity contribution in [3.63, 3.8) is 0 Å². The molecule has 1 aliphatic rings. The van der Waals surface area contributed by atoms with Gasteiger partial charge < -0.3 is 0 Å². The highest BCUT2D eigenvalue weighted by atomic mass is 15.2. The summed E-state index contributed by atoms with van der Waals surface area (Å²) in [6.07, 6.45) is 6.23. The quantitative estimate of drug-likeness (QED) is 0.436. The summed E-state index contributed by atoms with van der Waals surface area (Å²) in [4.78, 5) is 0. The predicted octanol–water partition coefficient (Wildman–Crippen LogP) is 2.69. The molecular formula is C14H26N2. The smallest absolute Gasteiger partial charge is 0.0348 e. The average molecular weight is 222 g/mol. The number of hydrogen-bond donors (Lipinski definition) is 2. The summed E-state index contributed by atoms with van der Waals surface area (Å²) < 4.78 is 0. The van der Waals surface area contributed by atoms with Gasteiger partial charge in [0.1, 0.15) is 0 Å². The van der Waals surface area contributed by atoms with Crippen LogP contribution in [-0.4, -0.2) is 6.04 Å². The maximum atomic E-state index is 5.62. The van der Waals surface area contributed by atoms with E-state index in [9.17, 15) is 0 Å². The summed E-state index contributed by atoms with van der Waals surface area (Å²) in [6, 6.07) is 0.389. The second-order valence-electron chi connectivity index (χ2n) is 5.32. The van der Waals surface area contributed by atoms with E-state index in [4.69, 9.17) is 5.84 Å². The Morgan fingerprint density at radius 1 is 1.19 bits per heavy atom. The lowest BCUT2D eigenvalue weighted by molar-refractivity contribution is 0.190. The number of hydrogen-bond acceptors (Lipinski definition) is 2. The van der Waals surface area contributed by atoms with Crippen molar-refractivity contribution in [1.82, 2.24) is 5.43 Å². The van der Waals surface area contributed by atoms with E-state index in [2.05, 4.69) is 31.1 Å². The first-order valence-corrected chi connectivity index (χ1v) is 6.54. The largest absolute Gasteiger partial charge is 0.271 e. The van der Waals surface area contributed by atoms with Crippen molar-refractivity contribution >= 4 is 0 Å². The lowest BCUT2D eigenvalue weighted by Crippen LogP contribution is -2.42. The SMILES string of the molecule is CC#CCC(NN)C1CCC(C(C)C)CC1. The molecule has 0 spiro atoms. The van der Waals surface area contributed by atoms with Gasteiger partial charge in [0.2, 0.25) is 0 Å². The molecule has 0 heterocycles. The molecule has 1 fully saturated rings. The minimum atomic E-state index is 0.389. The molecule has 1 aliphatic carbocycles. The molecule has 0 aromatic heterocycles. The highest BCUT2D eigenvalue weighted by molar-refractivity contribution is 4.99. The van der Waals surface area contributed by atoms with Gasteiger partial charge >= 0.3 is 0 Å². The fourth-order valence-corrected chi connectivity index (χ4v) is 2.79. The van der Waals surface area contributed by atoms with Crippen LogP contribution in [0, 0.1) is 29.6 Å². The Bertz CT molecular complexity index is 241. The maximum Gasteiger partial charge on any atom is 0.0348 e. The molecule has 1 rings (SSSR count). The molecule has 16 heavy (non-hydrogen) atoms. The lowest BCUT2D eigenvalue weighted by Gasteiger charge is -2.34. The zero-order chi connectivity index (χ0) is 12.0. The van der Waals surface area contributed by atoms with Crippen LogP contribution in [0.5, 0.6) is 0 Å². The van der Waals surface area contributed by atoms with Crippen molar-refractivity contribution in [2.75, 3.05) is 0 Å². The van der Waals surface area contributed by atoms with E-state index in [1.54, 1.807) is 0 Å². The lowest BCUT2D eigenvalue weighted by atomic mass is 9.74. The van der Waals surface area contributed by atoms with Crippen molar-refractivity contribution in [1.29, 1.82) is 0 Å². The van der Waals surface area contributed by atoms with E-state index >= 15 is 0 Å². The second-order valence-corrected chi connectivity index (χ2v) is 5.32. The van der Waals surface area contributed by atoms with Crippen LogP contribution in [0.4, 0.5) is 0 Å². The Morgan fingerprint density at radius 2 is 1.75 bits per heavy atom. The molecule has 1 unspecified atom stereocenters. The highest BCUT2D eigenvalue weighted by Crippen LogP contribution is 2.35. The molecule has 3 N–H and O–H groups in total. The van der Waals surface area contributed by atoms with Gasteiger partial charge in [-0.15, -0.1) is 11.8 Å². The predicted molar refractivity (Wildman–Crippen MR) is 69.5 cm³/mol. The monoisotopic (exact) mass is 222 g/mol. The van der Waals surface area contributed by atoms with E-state index < -0.39 is 0 Å². The third-order valence-corrected chi connectivity index (χ3v) is 4.04. The number of nitrogens with one attached hydrogen (secondary N) is 1. The van der Waals surface area contributed by atoms with Gasteiger partial charge in [0.05, 0.1) is 0 Å². The first-order valence-electron chi connectivity index (χ1n) is 6.54. The van der Waals surface area contributed by atoms with Gasteiger partial charge in [-0.05, 0) is 50.4 Å². The Labute approximate surface area is 100 Å². The Morgan fingerprint density at radius 3 is 2.19 bits per heavy atom. The van der Waals surface area contributed by atoms with Gasteiger partial charge in [-0.3, -0.25) is 11.3 Å². The van der Waals surface area contributed by atoms with Crippen LogP contribution in [0.2, 0.25) is 0 Å². The zero-order valence-corrected chi connectivity index (χ0v) is 10.9. The van der Waals surface area contributed by atoms with Crippen LogP contribution >= 0.6 is 0 Å². The first-order chi connectivity index (χ1) is 7.69. The summed E-state index contributed by atoms with van der Waals surface area (Å²) in [5.74, 6) is 14.2. The second kappa shape index (κ2) is 6.93. The third kappa shape index (κ3) is 3.81. The van der Waals surface area contributed by atoms with Crippen LogP contribution in [-0.2, 0) is 0 Å². The summed E-state index contributed by atoms with van der Waals surface area (Å²) in [5.41, 5.74) is 2.95. The molecule has 2 nitrogen and oxygen atoms in total. The Hall–Kier alpha value is -0.520. The minimum Gasteiger partial charge on any atom is -0.271 e. The van der Waals surface area contributed by atoms with Crippen molar-refractivity contribution in [3.05, 3.63) is 0 Å². The zero-order valence-electron chi connectivity index (χ0n) is 10.9. The molecule has 0 aliphatic heterocycles. The van der Waals surface area contributed by atoms with Crippen LogP contribution < -0.4 is 11.3 Å². The van der Waals surface area contributed by atoms with E-state index in [1.165, 1.54) is 25.7 Å². The van der Waals surface area contributed by atoms with E-state index in [0.717, 1.165) is 24.2 Å². The summed E-state index contributed by atoms with van der Waals surface area (Å²) >= 11 is 0. The van der Waals surface area contributed by atoms with Crippen LogP contribution in [0.15, 0.2) is 0 Å². The maximum absolute atomic E-state index is 5.62. The minimum absolute atomic E-state index is 0.389. The standard InChI is InChI=1S/C14H26N2/c1-4-5-6-14(16-15)13-9-7-12(8-10-13)11(2)3/h11-14,16H,6-10,15H2,1-3H3. The average Bonchev–Trinajstić information content (AvgIpc) is 2.30. The fourth-order valence-electron chi connectivity index (χ4n) is 2.79. The van der Waals surface area contributed by atoms with Crippen molar-refractivity contribution in [3.8, 4) is 11.8 Å². The van der Waals surface area contributed by atoms with Gasteiger partial charge in [0.15, 0.2) is 0 Å². The van der Waals surface area contributed by atoms with Crippen molar-refractivity contribution in [2.45, 2.75) is 58.9 Å². The van der Waals surface area contributed by atoms with Crippen LogP contribution in [0.1, 0.15) is 52.9 Å². The molecule has 0 radical (unpaired) electrons. The van der Waals surface area contributed by atoms with Crippen molar-refractivity contribution in [2.24, 2.45) is 23.6 Å². The molecule has 0 aromatic rings. The molecule has 0 saturated heterocycles. The molecular weight excluding hydrogens is 196 g/mol. The number of rotatable bonds is 4. The molecule has 0 aromatic carbocycles. The van der Waals surface area contributed by atoms with E-state index in [1.807, 2.05) is 6.92 Å².